The molecule has 138 valence electrons. The van der Waals surface area contributed by atoms with Gasteiger partial charge >= 0.3 is 0 Å². The Hall–Kier alpha value is -1.57. The molecule has 2 aromatic rings. The number of hydrogen-bond donors (Lipinski definition) is 0. The number of rotatable bonds is 11. The summed E-state index contributed by atoms with van der Waals surface area (Å²) in [6, 6.07) is 20.9. The first kappa shape index (κ1) is 20.7. The molecule has 0 aliphatic heterocycles. The third kappa shape index (κ3) is 6.62. The van der Waals surface area contributed by atoms with Crippen LogP contribution in [0.3, 0.4) is 0 Å². The van der Waals surface area contributed by atoms with E-state index in [0.29, 0.717) is 0 Å². The minimum atomic E-state index is -1.64. The van der Waals surface area contributed by atoms with E-state index in [2.05, 4.69) is 68.6 Å². The molecule has 0 spiro atoms. The maximum absolute atomic E-state index is 7.08. The Labute approximate surface area is 165 Å². The van der Waals surface area contributed by atoms with Gasteiger partial charge in [-0.25, -0.2) is 0 Å². The molecular formula is C24H31ClSi. The van der Waals surface area contributed by atoms with Crippen molar-refractivity contribution in [2.24, 2.45) is 0 Å². The molecule has 0 saturated heterocycles. The highest BCUT2D eigenvalue weighted by Gasteiger charge is 2.27. The summed E-state index contributed by atoms with van der Waals surface area (Å²) >= 11 is 7.08. The van der Waals surface area contributed by atoms with Gasteiger partial charge in [0.1, 0.15) is 0 Å². The van der Waals surface area contributed by atoms with Crippen molar-refractivity contribution in [2.75, 3.05) is 0 Å². The van der Waals surface area contributed by atoms with Crippen LogP contribution in [0.1, 0.15) is 42.0 Å². The minimum Gasteiger partial charge on any atom is -0.167 e. The quantitative estimate of drug-likeness (QED) is 0.275. The van der Waals surface area contributed by atoms with Crippen LogP contribution in [0.5, 0.6) is 0 Å². The van der Waals surface area contributed by atoms with Crippen molar-refractivity contribution < 1.29 is 0 Å². The van der Waals surface area contributed by atoms with Crippen LogP contribution in [-0.4, -0.2) is 7.38 Å². The standard InChI is InChI=1S/C24H31ClSi/c1-4-21-11-7-13-23(19-21)15-9-17-26(25,6-3)18-10-16-24-14-8-12-22(5-2)20-24/h4-5,7-8,11-14,19-20H,1-2,6,9-10,15-18H2,3H3. The Bertz CT molecular complexity index is 662. The Morgan fingerprint density at radius 1 is 0.846 bits per heavy atom. The van der Waals surface area contributed by atoms with Gasteiger partial charge < -0.3 is 0 Å². The van der Waals surface area contributed by atoms with Crippen LogP contribution in [0.2, 0.25) is 18.1 Å². The second kappa shape index (κ2) is 10.5. The summed E-state index contributed by atoms with van der Waals surface area (Å²) in [5.41, 5.74) is 5.20. The molecule has 0 aliphatic carbocycles. The first-order valence-electron chi connectivity index (χ1n) is 9.70. The third-order valence-corrected chi connectivity index (χ3v) is 10.9. The molecule has 0 bridgehead atoms. The molecule has 0 atom stereocenters. The highest BCUT2D eigenvalue weighted by Crippen LogP contribution is 2.30. The zero-order valence-electron chi connectivity index (χ0n) is 16.0. The minimum absolute atomic E-state index is 1.12. The summed E-state index contributed by atoms with van der Waals surface area (Å²) in [6.45, 7) is 9.98. The van der Waals surface area contributed by atoms with Crippen molar-refractivity contribution in [3.63, 3.8) is 0 Å². The number of halogens is 1. The highest BCUT2D eigenvalue weighted by atomic mass is 35.6. The van der Waals surface area contributed by atoms with Gasteiger partial charge in [-0.3, -0.25) is 0 Å². The Kier molecular flexibility index (Phi) is 8.41. The second-order valence-corrected chi connectivity index (χ2v) is 13.5. The van der Waals surface area contributed by atoms with Crippen LogP contribution < -0.4 is 0 Å². The second-order valence-electron chi connectivity index (χ2n) is 7.11. The molecule has 0 saturated carbocycles. The fourth-order valence-corrected chi connectivity index (χ4v) is 6.83. The molecule has 0 aliphatic rings. The van der Waals surface area contributed by atoms with Crippen molar-refractivity contribution in [3.05, 3.63) is 83.9 Å². The topological polar surface area (TPSA) is 0 Å². The van der Waals surface area contributed by atoms with Gasteiger partial charge in [-0.15, -0.1) is 0 Å². The van der Waals surface area contributed by atoms with E-state index < -0.39 is 7.38 Å². The first-order valence-corrected chi connectivity index (χ1v) is 13.3. The summed E-state index contributed by atoms with van der Waals surface area (Å²) in [4.78, 5) is 0. The monoisotopic (exact) mass is 382 g/mol. The summed E-state index contributed by atoms with van der Waals surface area (Å²) in [7, 11) is -1.64. The van der Waals surface area contributed by atoms with Gasteiger partial charge in [0, 0.05) is 0 Å². The van der Waals surface area contributed by atoms with Gasteiger partial charge in [-0.05, 0) is 53.2 Å². The van der Waals surface area contributed by atoms with Crippen molar-refractivity contribution >= 4 is 30.6 Å². The lowest BCUT2D eigenvalue weighted by molar-refractivity contribution is 0.862. The maximum Gasteiger partial charge on any atom is 0.156 e. The van der Waals surface area contributed by atoms with Crippen LogP contribution in [0.4, 0.5) is 0 Å². The Balaban J connectivity index is 1.81. The van der Waals surface area contributed by atoms with Crippen LogP contribution >= 0.6 is 11.1 Å². The van der Waals surface area contributed by atoms with Gasteiger partial charge in [0.05, 0.1) is 0 Å². The van der Waals surface area contributed by atoms with Gasteiger partial charge in [0.25, 0.3) is 0 Å². The molecule has 2 aromatic carbocycles. The normalized spacial score (nSPS) is 11.3. The predicted octanol–water partition coefficient (Wildman–Crippen LogP) is 7.74. The van der Waals surface area contributed by atoms with Crippen molar-refractivity contribution in [2.45, 2.75) is 50.7 Å². The largest absolute Gasteiger partial charge is 0.167 e. The third-order valence-electron chi connectivity index (χ3n) is 5.19. The molecule has 0 radical (unpaired) electrons. The van der Waals surface area contributed by atoms with Gasteiger partial charge in [0.15, 0.2) is 7.38 Å². The zero-order valence-corrected chi connectivity index (χ0v) is 17.8. The number of aryl methyl sites for hydroxylation is 2. The lowest BCUT2D eigenvalue weighted by Crippen LogP contribution is -2.25. The molecule has 0 heterocycles. The van der Waals surface area contributed by atoms with E-state index in [1.807, 2.05) is 12.2 Å². The molecule has 26 heavy (non-hydrogen) atoms. The summed E-state index contributed by atoms with van der Waals surface area (Å²) in [5.74, 6) is 0. The molecule has 2 rings (SSSR count). The number of benzene rings is 2. The smallest absolute Gasteiger partial charge is 0.156 e. The van der Waals surface area contributed by atoms with E-state index in [1.54, 1.807) is 0 Å². The maximum atomic E-state index is 7.08. The Morgan fingerprint density at radius 3 is 1.69 bits per heavy atom. The molecule has 2 heteroatoms. The highest BCUT2D eigenvalue weighted by molar-refractivity contribution is 7.20. The SMILES string of the molecule is C=Cc1cccc(CCC[Si](Cl)(CC)CCCc2cccc(C=C)c2)c1. The van der Waals surface area contributed by atoms with Crippen molar-refractivity contribution in [1.82, 2.24) is 0 Å². The molecule has 0 N–H and O–H groups in total. The van der Waals surface area contributed by atoms with E-state index in [1.165, 1.54) is 47.2 Å². The fraction of sp³-hybridized carbons (Fsp3) is 0.333. The molecule has 0 fully saturated rings. The van der Waals surface area contributed by atoms with Gasteiger partial charge in [-0.1, -0.05) is 93.6 Å². The summed E-state index contributed by atoms with van der Waals surface area (Å²) in [5, 5.41) is 0. The van der Waals surface area contributed by atoms with Crippen LogP contribution in [0, 0.1) is 0 Å². The molecule has 0 nitrogen and oxygen atoms in total. The number of hydrogen-bond acceptors (Lipinski definition) is 0. The van der Waals surface area contributed by atoms with E-state index in [0.717, 1.165) is 18.9 Å². The predicted molar refractivity (Wildman–Crippen MR) is 121 cm³/mol. The fourth-order valence-electron chi connectivity index (χ4n) is 3.45. The molecule has 0 aromatic heterocycles. The lowest BCUT2D eigenvalue weighted by Gasteiger charge is -2.23. The average molecular weight is 383 g/mol. The van der Waals surface area contributed by atoms with Crippen molar-refractivity contribution in [3.8, 4) is 0 Å². The van der Waals surface area contributed by atoms with E-state index >= 15 is 0 Å². The van der Waals surface area contributed by atoms with Gasteiger partial charge in [0.2, 0.25) is 0 Å². The first-order chi connectivity index (χ1) is 12.6. The molecule has 0 amide bonds. The Morgan fingerprint density at radius 2 is 1.31 bits per heavy atom. The van der Waals surface area contributed by atoms with E-state index in [9.17, 15) is 0 Å². The summed E-state index contributed by atoms with van der Waals surface area (Å²) < 4.78 is 0. The zero-order chi connectivity index (χ0) is 18.8. The van der Waals surface area contributed by atoms with E-state index in [4.69, 9.17) is 11.1 Å². The van der Waals surface area contributed by atoms with Crippen molar-refractivity contribution in [1.29, 1.82) is 0 Å². The molecule has 0 unspecified atom stereocenters. The van der Waals surface area contributed by atoms with Crippen LogP contribution in [0.15, 0.2) is 61.7 Å². The lowest BCUT2D eigenvalue weighted by atomic mass is 10.1. The van der Waals surface area contributed by atoms with Crippen LogP contribution in [0.25, 0.3) is 12.2 Å². The average Bonchev–Trinajstić information content (AvgIpc) is 2.68. The summed E-state index contributed by atoms with van der Waals surface area (Å²) in [6.07, 6.45) is 8.44. The van der Waals surface area contributed by atoms with Crippen LogP contribution in [-0.2, 0) is 12.8 Å². The van der Waals surface area contributed by atoms with E-state index in [-0.39, 0.29) is 0 Å². The molecular weight excluding hydrogens is 352 g/mol. The van der Waals surface area contributed by atoms with Gasteiger partial charge in [-0.2, -0.15) is 11.1 Å².